The molecule has 0 saturated carbocycles. The molecule has 1 aromatic rings. The molecular formula is C13H21N3O. The van der Waals surface area contributed by atoms with Crippen LogP contribution in [0.3, 0.4) is 0 Å². The highest BCUT2D eigenvalue weighted by Crippen LogP contribution is 2.26. The van der Waals surface area contributed by atoms with Crippen LogP contribution < -0.4 is 5.73 Å². The van der Waals surface area contributed by atoms with Crippen LogP contribution in [0.4, 0.5) is 0 Å². The number of aromatic nitrogens is 2. The molecule has 2 atom stereocenters. The molecule has 2 aliphatic rings. The molecule has 1 aromatic heterocycles. The molecule has 1 saturated heterocycles. The highest BCUT2D eigenvalue weighted by atomic mass is 16.5. The monoisotopic (exact) mass is 235 g/mol. The predicted octanol–water partition coefficient (Wildman–Crippen LogP) is 1.86. The summed E-state index contributed by atoms with van der Waals surface area (Å²) in [5.74, 6) is 1.10. The number of H-pyrrole nitrogens is 1. The molecule has 3 N–H and O–H groups in total. The number of aryl methyl sites for hydroxylation is 2. The molecule has 0 radical (unpaired) electrons. The molecule has 17 heavy (non-hydrogen) atoms. The quantitative estimate of drug-likeness (QED) is 0.840. The van der Waals surface area contributed by atoms with Crippen LogP contribution in [0.2, 0.25) is 0 Å². The van der Waals surface area contributed by atoms with Gasteiger partial charge in [-0.2, -0.15) is 0 Å². The van der Waals surface area contributed by atoms with Gasteiger partial charge in [0.05, 0.1) is 11.8 Å². The summed E-state index contributed by atoms with van der Waals surface area (Å²) in [6, 6.07) is 0.145. The van der Waals surface area contributed by atoms with E-state index in [1.165, 1.54) is 25.0 Å². The Balaban J connectivity index is 1.63. The summed E-state index contributed by atoms with van der Waals surface area (Å²) in [5, 5.41) is 0. The number of nitrogens with one attached hydrogen (secondary N) is 1. The van der Waals surface area contributed by atoms with E-state index in [0.29, 0.717) is 6.10 Å². The Hall–Kier alpha value is -0.870. The third-order valence-corrected chi connectivity index (χ3v) is 3.88. The highest BCUT2D eigenvalue weighted by Gasteiger charge is 2.22. The van der Waals surface area contributed by atoms with E-state index in [1.54, 1.807) is 0 Å². The van der Waals surface area contributed by atoms with Crippen molar-refractivity contribution in [2.24, 2.45) is 5.73 Å². The maximum absolute atomic E-state index is 6.07. The van der Waals surface area contributed by atoms with Crippen molar-refractivity contribution >= 4 is 0 Å². The van der Waals surface area contributed by atoms with Crippen LogP contribution in [-0.2, 0) is 17.6 Å². The molecular weight excluding hydrogens is 214 g/mol. The topological polar surface area (TPSA) is 63.9 Å². The molecule has 2 unspecified atom stereocenters. The minimum Gasteiger partial charge on any atom is -0.378 e. The molecule has 0 aromatic carbocycles. The molecule has 4 heteroatoms. The van der Waals surface area contributed by atoms with E-state index in [-0.39, 0.29) is 6.04 Å². The van der Waals surface area contributed by atoms with Gasteiger partial charge in [-0.25, -0.2) is 4.98 Å². The van der Waals surface area contributed by atoms with Crippen molar-refractivity contribution in [3.63, 3.8) is 0 Å². The van der Waals surface area contributed by atoms with Crippen LogP contribution >= 0.6 is 0 Å². The zero-order valence-electron chi connectivity index (χ0n) is 10.2. The molecule has 2 heterocycles. The number of hydrogen-bond donors (Lipinski definition) is 2. The summed E-state index contributed by atoms with van der Waals surface area (Å²) in [7, 11) is 0. The first kappa shape index (κ1) is 11.2. The Morgan fingerprint density at radius 2 is 2.29 bits per heavy atom. The maximum Gasteiger partial charge on any atom is 0.106 e. The Bertz CT molecular complexity index is 382. The van der Waals surface area contributed by atoms with E-state index >= 15 is 0 Å². The number of aromatic amines is 1. The molecule has 0 amide bonds. The van der Waals surface area contributed by atoms with E-state index < -0.39 is 0 Å². The van der Waals surface area contributed by atoms with Gasteiger partial charge in [0.2, 0.25) is 0 Å². The van der Waals surface area contributed by atoms with Gasteiger partial charge in [0, 0.05) is 24.8 Å². The van der Waals surface area contributed by atoms with Gasteiger partial charge in [0.1, 0.15) is 5.82 Å². The maximum atomic E-state index is 6.07. The van der Waals surface area contributed by atoms with Crippen LogP contribution in [0.25, 0.3) is 0 Å². The molecule has 0 spiro atoms. The van der Waals surface area contributed by atoms with Gasteiger partial charge >= 0.3 is 0 Å². The first-order valence-corrected chi connectivity index (χ1v) is 6.78. The third-order valence-electron chi connectivity index (χ3n) is 3.88. The summed E-state index contributed by atoms with van der Waals surface area (Å²) in [6.45, 7) is 0.935. The average Bonchev–Trinajstić information content (AvgIpc) is 2.95. The van der Waals surface area contributed by atoms with Crippen molar-refractivity contribution < 1.29 is 4.74 Å². The van der Waals surface area contributed by atoms with Crippen LogP contribution in [0.15, 0.2) is 0 Å². The van der Waals surface area contributed by atoms with Gasteiger partial charge in [0.25, 0.3) is 0 Å². The van der Waals surface area contributed by atoms with Gasteiger partial charge in [-0.15, -0.1) is 0 Å². The minimum absolute atomic E-state index is 0.145. The fourth-order valence-corrected chi connectivity index (χ4v) is 2.90. The first-order chi connectivity index (χ1) is 8.33. The summed E-state index contributed by atoms with van der Waals surface area (Å²) in [5.41, 5.74) is 8.45. The second-order valence-electron chi connectivity index (χ2n) is 5.22. The van der Waals surface area contributed by atoms with Crippen molar-refractivity contribution in [2.45, 2.75) is 57.1 Å². The van der Waals surface area contributed by atoms with Crippen LogP contribution in [0.1, 0.15) is 55.4 Å². The van der Waals surface area contributed by atoms with E-state index in [2.05, 4.69) is 9.97 Å². The lowest BCUT2D eigenvalue weighted by Crippen LogP contribution is -2.17. The summed E-state index contributed by atoms with van der Waals surface area (Å²) >= 11 is 0. The molecule has 1 aliphatic heterocycles. The number of nitrogens with zero attached hydrogens (tertiary/aromatic N) is 1. The normalized spacial score (nSPS) is 28.3. The van der Waals surface area contributed by atoms with Gasteiger partial charge in [-0.3, -0.25) is 0 Å². The Morgan fingerprint density at radius 1 is 1.35 bits per heavy atom. The molecule has 0 bridgehead atoms. The van der Waals surface area contributed by atoms with Crippen molar-refractivity contribution in [1.82, 2.24) is 9.97 Å². The number of ether oxygens (including phenoxy) is 1. The zero-order valence-corrected chi connectivity index (χ0v) is 10.2. The smallest absolute Gasteiger partial charge is 0.106 e. The Morgan fingerprint density at radius 3 is 3.06 bits per heavy atom. The van der Waals surface area contributed by atoms with Crippen molar-refractivity contribution in [1.29, 1.82) is 0 Å². The van der Waals surface area contributed by atoms with Crippen LogP contribution in [0, 0.1) is 0 Å². The fourth-order valence-electron chi connectivity index (χ4n) is 2.90. The van der Waals surface area contributed by atoms with E-state index in [0.717, 1.165) is 43.8 Å². The van der Waals surface area contributed by atoms with Gasteiger partial charge < -0.3 is 15.5 Å². The highest BCUT2D eigenvalue weighted by molar-refractivity contribution is 5.21. The van der Waals surface area contributed by atoms with E-state index in [9.17, 15) is 0 Å². The summed E-state index contributed by atoms with van der Waals surface area (Å²) in [4.78, 5) is 8.10. The molecule has 4 nitrogen and oxygen atoms in total. The Kier molecular flexibility index (Phi) is 3.16. The van der Waals surface area contributed by atoms with Gasteiger partial charge in [-0.1, -0.05) is 0 Å². The number of hydrogen-bond acceptors (Lipinski definition) is 3. The minimum atomic E-state index is 0.145. The van der Waals surface area contributed by atoms with Crippen molar-refractivity contribution in [3.8, 4) is 0 Å². The van der Waals surface area contributed by atoms with Crippen LogP contribution in [-0.4, -0.2) is 22.7 Å². The number of nitrogens with two attached hydrogens (primary N) is 1. The third kappa shape index (κ3) is 2.38. The van der Waals surface area contributed by atoms with Gasteiger partial charge in [-0.05, 0) is 38.5 Å². The van der Waals surface area contributed by atoms with Crippen LogP contribution in [0.5, 0.6) is 0 Å². The van der Waals surface area contributed by atoms with E-state index in [4.69, 9.17) is 10.5 Å². The lowest BCUT2D eigenvalue weighted by molar-refractivity contribution is 0.104. The molecule has 3 rings (SSSR count). The second kappa shape index (κ2) is 4.78. The number of imidazole rings is 1. The second-order valence-corrected chi connectivity index (χ2v) is 5.22. The number of rotatable bonds is 3. The summed E-state index contributed by atoms with van der Waals surface area (Å²) in [6.07, 6.45) is 8.31. The van der Waals surface area contributed by atoms with Gasteiger partial charge in [0.15, 0.2) is 0 Å². The lowest BCUT2D eigenvalue weighted by atomic mass is 9.97. The summed E-state index contributed by atoms with van der Waals surface area (Å²) < 4.78 is 5.63. The molecule has 1 aliphatic carbocycles. The standard InChI is InChI=1S/C13H21N3O/c14-10-4-1-5-11-13(10)16-12(15-11)7-6-9-3-2-8-17-9/h9-10H,1-8,14H2,(H,15,16). The Labute approximate surface area is 102 Å². The lowest BCUT2D eigenvalue weighted by Gasteiger charge is -2.15. The van der Waals surface area contributed by atoms with E-state index in [1.807, 2.05) is 0 Å². The zero-order chi connectivity index (χ0) is 11.7. The molecule has 1 fully saturated rings. The van der Waals surface area contributed by atoms with Crippen molar-refractivity contribution in [3.05, 3.63) is 17.2 Å². The fraction of sp³-hybridized carbons (Fsp3) is 0.769. The molecule has 94 valence electrons. The first-order valence-electron chi connectivity index (χ1n) is 6.78. The average molecular weight is 235 g/mol. The largest absolute Gasteiger partial charge is 0.378 e. The predicted molar refractivity (Wildman–Crippen MR) is 65.7 cm³/mol. The number of fused-ring (bicyclic) bond motifs is 1. The van der Waals surface area contributed by atoms with Crippen molar-refractivity contribution in [2.75, 3.05) is 6.61 Å². The SMILES string of the molecule is NC1CCCc2[nH]c(CCC3CCCO3)nc21.